The molecule has 6 nitrogen and oxygen atoms in total. The van der Waals surface area contributed by atoms with Gasteiger partial charge in [0.05, 0.1) is 5.25 Å². The van der Waals surface area contributed by atoms with Gasteiger partial charge in [-0.3, -0.25) is 4.79 Å². The van der Waals surface area contributed by atoms with Gasteiger partial charge in [0.1, 0.15) is 0 Å². The standard InChI is InChI=1S/C16H23N3O3S/c1-17(2)14-5-3-4-13(12-14)16(20)18-8-10-19(11-9-18)23(21,22)15-6-7-15/h3-5,12,15H,6-11H2,1-2H3. The summed E-state index contributed by atoms with van der Waals surface area (Å²) in [6.45, 7) is 1.71. The van der Waals surface area contributed by atoms with Gasteiger partial charge in [0, 0.05) is 51.5 Å². The molecule has 1 aliphatic heterocycles. The summed E-state index contributed by atoms with van der Waals surface area (Å²) in [5.74, 6) is -0.0304. The van der Waals surface area contributed by atoms with Gasteiger partial charge in [0.15, 0.2) is 0 Å². The molecule has 1 aliphatic carbocycles. The van der Waals surface area contributed by atoms with E-state index in [1.165, 1.54) is 0 Å². The highest BCUT2D eigenvalue weighted by Crippen LogP contribution is 2.31. The van der Waals surface area contributed by atoms with Crippen LogP contribution in [-0.2, 0) is 10.0 Å². The molecule has 0 N–H and O–H groups in total. The predicted molar refractivity (Wildman–Crippen MR) is 90.2 cm³/mol. The SMILES string of the molecule is CN(C)c1cccc(C(=O)N2CCN(S(=O)(=O)C3CC3)CC2)c1. The molecule has 1 saturated carbocycles. The van der Waals surface area contributed by atoms with E-state index in [4.69, 9.17) is 0 Å². The van der Waals surface area contributed by atoms with Crippen LogP contribution in [0.15, 0.2) is 24.3 Å². The highest BCUT2D eigenvalue weighted by atomic mass is 32.2. The van der Waals surface area contributed by atoms with Crippen LogP contribution in [0.2, 0.25) is 0 Å². The molecule has 126 valence electrons. The van der Waals surface area contributed by atoms with Crippen molar-refractivity contribution in [1.29, 1.82) is 0 Å². The first-order chi connectivity index (χ1) is 10.9. The van der Waals surface area contributed by atoms with Crippen LogP contribution in [0, 0.1) is 0 Å². The van der Waals surface area contributed by atoms with E-state index in [1.807, 2.05) is 43.3 Å². The Morgan fingerprint density at radius 1 is 1.13 bits per heavy atom. The smallest absolute Gasteiger partial charge is 0.254 e. The molecule has 1 amide bonds. The van der Waals surface area contributed by atoms with Gasteiger partial charge < -0.3 is 9.80 Å². The average molecular weight is 337 g/mol. The van der Waals surface area contributed by atoms with E-state index >= 15 is 0 Å². The van der Waals surface area contributed by atoms with Crippen molar-refractivity contribution in [3.05, 3.63) is 29.8 Å². The van der Waals surface area contributed by atoms with Gasteiger partial charge in [-0.25, -0.2) is 8.42 Å². The maximum atomic E-state index is 12.6. The fraction of sp³-hybridized carbons (Fsp3) is 0.562. The number of nitrogens with zero attached hydrogens (tertiary/aromatic N) is 3. The van der Waals surface area contributed by atoms with Gasteiger partial charge >= 0.3 is 0 Å². The van der Waals surface area contributed by atoms with Crippen molar-refractivity contribution in [2.24, 2.45) is 0 Å². The van der Waals surface area contributed by atoms with Crippen molar-refractivity contribution >= 4 is 21.6 Å². The number of amides is 1. The Kier molecular flexibility index (Phi) is 4.33. The summed E-state index contributed by atoms with van der Waals surface area (Å²) in [5.41, 5.74) is 1.63. The number of carbonyl (C=O) groups is 1. The summed E-state index contributed by atoms with van der Waals surface area (Å²) < 4.78 is 26.0. The van der Waals surface area contributed by atoms with Gasteiger partial charge in [0.25, 0.3) is 5.91 Å². The van der Waals surface area contributed by atoms with E-state index in [0.717, 1.165) is 18.5 Å². The van der Waals surface area contributed by atoms with E-state index < -0.39 is 10.0 Å². The second-order valence-corrected chi connectivity index (χ2v) is 8.59. The number of hydrogen-bond donors (Lipinski definition) is 0. The summed E-state index contributed by atoms with van der Waals surface area (Å²) in [5, 5.41) is -0.179. The topological polar surface area (TPSA) is 60.9 Å². The highest BCUT2D eigenvalue weighted by Gasteiger charge is 2.41. The van der Waals surface area contributed by atoms with Crippen LogP contribution in [0.25, 0.3) is 0 Å². The van der Waals surface area contributed by atoms with Crippen LogP contribution in [0.1, 0.15) is 23.2 Å². The molecule has 0 spiro atoms. The number of carbonyl (C=O) groups excluding carboxylic acids is 1. The molecule has 1 aromatic rings. The maximum Gasteiger partial charge on any atom is 0.254 e. The third-order valence-electron chi connectivity index (χ3n) is 4.44. The normalized spacial score (nSPS) is 19.7. The molecule has 23 heavy (non-hydrogen) atoms. The van der Waals surface area contributed by atoms with Gasteiger partial charge in [-0.15, -0.1) is 0 Å². The molecular formula is C16H23N3O3S. The summed E-state index contributed by atoms with van der Waals surface area (Å²) in [7, 11) is 0.739. The molecule has 0 radical (unpaired) electrons. The van der Waals surface area contributed by atoms with E-state index in [9.17, 15) is 13.2 Å². The molecule has 1 heterocycles. The zero-order valence-corrected chi connectivity index (χ0v) is 14.4. The van der Waals surface area contributed by atoms with Gasteiger partial charge in [-0.1, -0.05) is 6.07 Å². The Balaban J connectivity index is 1.65. The second-order valence-electron chi connectivity index (χ2n) is 6.38. The summed E-state index contributed by atoms with van der Waals surface area (Å²) in [6.07, 6.45) is 1.55. The van der Waals surface area contributed by atoms with E-state index in [2.05, 4.69) is 0 Å². The number of sulfonamides is 1. The van der Waals surface area contributed by atoms with Crippen molar-refractivity contribution in [3.8, 4) is 0 Å². The summed E-state index contributed by atoms with van der Waals surface area (Å²) in [4.78, 5) is 16.3. The lowest BCUT2D eigenvalue weighted by Crippen LogP contribution is -2.51. The van der Waals surface area contributed by atoms with Crippen LogP contribution in [0.3, 0.4) is 0 Å². The highest BCUT2D eigenvalue weighted by molar-refractivity contribution is 7.90. The Labute approximate surface area is 137 Å². The molecular weight excluding hydrogens is 314 g/mol. The first-order valence-corrected chi connectivity index (χ1v) is 9.45. The quantitative estimate of drug-likeness (QED) is 0.822. The van der Waals surface area contributed by atoms with Crippen molar-refractivity contribution in [3.63, 3.8) is 0 Å². The van der Waals surface area contributed by atoms with Crippen molar-refractivity contribution < 1.29 is 13.2 Å². The van der Waals surface area contributed by atoms with Crippen molar-refractivity contribution in [2.45, 2.75) is 18.1 Å². The zero-order valence-electron chi connectivity index (χ0n) is 13.6. The maximum absolute atomic E-state index is 12.6. The lowest BCUT2D eigenvalue weighted by atomic mass is 10.1. The first-order valence-electron chi connectivity index (χ1n) is 7.95. The van der Waals surface area contributed by atoms with Crippen LogP contribution in [-0.4, -0.2) is 69.1 Å². The Hall–Kier alpha value is -1.60. The van der Waals surface area contributed by atoms with Crippen LogP contribution < -0.4 is 4.90 Å². The molecule has 0 bridgehead atoms. The molecule has 0 atom stereocenters. The van der Waals surface area contributed by atoms with Crippen LogP contribution in [0.5, 0.6) is 0 Å². The first kappa shape index (κ1) is 16.3. The summed E-state index contributed by atoms with van der Waals surface area (Å²) >= 11 is 0. The molecule has 2 fully saturated rings. The molecule has 3 rings (SSSR count). The summed E-state index contributed by atoms with van der Waals surface area (Å²) in [6, 6.07) is 7.51. The number of piperazine rings is 1. The number of rotatable bonds is 4. The van der Waals surface area contributed by atoms with Crippen LogP contribution in [0.4, 0.5) is 5.69 Å². The minimum atomic E-state index is -3.13. The lowest BCUT2D eigenvalue weighted by Gasteiger charge is -2.34. The average Bonchev–Trinajstić information content (AvgIpc) is 3.40. The molecule has 1 saturated heterocycles. The van der Waals surface area contributed by atoms with Crippen molar-refractivity contribution in [2.75, 3.05) is 45.2 Å². The molecule has 0 unspecified atom stereocenters. The predicted octanol–water partition coefficient (Wildman–Crippen LogP) is 1.00. The molecule has 7 heteroatoms. The largest absolute Gasteiger partial charge is 0.378 e. The van der Waals surface area contributed by atoms with Gasteiger partial charge in [0.2, 0.25) is 10.0 Å². The second kappa shape index (κ2) is 6.13. The van der Waals surface area contributed by atoms with E-state index in [1.54, 1.807) is 9.21 Å². The monoisotopic (exact) mass is 337 g/mol. The number of anilines is 1. The minimum absolute atomic E-state index is 0.0304. The number of hydrogen-bond acceptors (Lipinski definition) is 4. The van der Waals surface area contributed by atoms with Gasteiger partial charge in [-0.2, -0.15) is 4.31 Å². The van der Waals surface area contributed by atoms with E-state index in [0.29, 0.717) is 31.7 Å². The molecule has 0 aromatic heterocycles. The third kappa shape index (κ3) is 3.35. The van der Waals surface area contributed by atoms with Gasteiger partial charge in [-0.05, 0) is 31.0 Å². The lowest BCUT2D eigenvalue weighted by molar-refractivity contribution is 0.0698. The molecule has 1 aromatic carbocycles. The fourth-order valence-corrected chi connectivity index (χ4v) is 4.65. The fourth-order valence-electron chi connectivity index (χ4n) is 2.82. The molecule has 2 aliphatic rings. The van der Waals surface area contributed by atoms with E-state index in [-0.39, 0.29) is 11.2 Å². The Morgan fingerprint density at radius 3 is 2.35 bits per heavy atom. The van der Waals surface area contributed by atoms with Crippen LogP contribution >= 0.6 is 0 Å². The minimum Gasteiger partial charge on any atom is -0.378 e. The third-order valence-corrected chi connectivity index (χ3v) is 6.84. The Bertz CT molecular complexity index is 690. The Morgan fingerprint density at radius 2 is 1.78 bits per heavy atom. The zero-order chi connectivity index (χ0) is 16.6. The number of benzene rings is 1. The van der Waals surface area contributed by atoms with Crippen molar-refractivity contribution in [1.82, 2.24) is 9.21 Å².